The van der Waals surface area contributed by atoms with Gasteiger partial charge in [-0.2, -0.15) is 0 Å². The molecule has 1 aliphatic heterocycles. The molecule has 1 N–H and O–H groups in total. The van der Waals surface area contributed by atoms with Gasteiger partial charge in [-0.25, -0.2) is 4.79 Å². The van der Waals surface area contributed by atoms with Crippen LogP contribution >= 0.6 is 0 Å². The van der Waals surface area contributed by atoms with E-state index in [0.29, 0.717) is 13.0 Å². The van der Waals surface area contributed by atoms with E-state index < -0.39 is 16.8 Å². The van der Waals surface area contributed by atoms with Crippen LogP contribution in [0.3, 0.4) is 0 Å². The molecule has 0 aliphatic carbocycles. The molecular weight excluding hydrogens is 236 g/mol. The summed E-state index contributed by atoms with van der Waals surface area (Å²) in [5, 5.41) is 0. The fourth-order valence-corrected chi connectivity index (χ4v) is 2.31. The zero-order chi connectivity index (χ0) is 13.5. The highest BCUT2D eigenvalue weighted by atomic mass is 16.5. The highest BCUT2D eigenvalue weighted by Crippen LogP contribution is 2.30. The third-order valence-corrected chi connectivity index (χ3v) is 3.72. The van der Waals surface area contributed by atoms with E-state index in [1.54, 1.807) is 6.92 Å². The standard InChI is InChI=1S/C12H16N2O4/c1-7(15)9-6-13-11(17)14(10(9)16)12(3)4-5-18-8(12)2/h6,8H,4-5H2,1-3H3,(H,13,17). The maximum atomic E-state index is 12.2. The van der Waals surface area contributed by atoms with Crippen molar-refractivity contribution in [2.24, 2.45) is 0 Å². The number of hydrogen-bond donors (Lipinski definition) is 1. The van der Waals surface area contributed by atoms with Crippen molar-refractivity contribution < 1.29 is 9.53 Å². The summed E-state index contributed by atoms with van der Waals surface area (Å²) in [6.07, 6.45) is 1.49. The molecule has 0 radical (unpaired) electrons. The first-order valence-corrected chi connectivity index (χ1v) is 5.85. The first-order chi connectivity index (χ1) is 8.38. The van der Waals surface area contributed by atoms with E-state index in [4.69, 9.17) is 4.74 Å². The van der Waals surface area contributed by atoms with E-state index in [1.807, 2.05) is 6.92 Å². The number of nitrogens with one attached hydrogen (secondary N) is 1. The van der Waals surface area contributed by atoms with Crippen LogP contribution in [0.4, 0.5) is 0 Å². The second-order valence-corrected chi connectivity index (χ2v) is 4.82. The quantitative estimate of drug-likeness (QED) is 0.766. The molecule has 6 nitrogen and oxygen atoms in total. The minimum Gasteiger partial charge on any atom is -0.376 e. The summed E-state index contributed by atoms with van der Waals surface area (Å²) in [6, 6.07) is 0. The van der Waals surface area contributed by atoms with Crippen LogP contribution in [0.5, 0.6) is 0 Å². The van der Waals surface area contributed by atoms with Crippen molar-refractivity contribution in [1.29, 1.82) is 0 Å². The third kappa shape index (κ3) is 1.73. The lowest BCUT2D eigenvalue weighted by atomic mass is 9.94. The topological polar surface area (TPSA) is 81.2 Å². The van der Waals surface area contributed by atoms with Crippen molar-refractivity contribution in [3.63, 3.8) is 0 Å². The lowest BCUT2D eigenvalue weighted by Gasteiger charge is -2.29. The number of carbonyl (C=O) groups excluding carboxylic acids is 1. The number of hydrogen-bond acceptors (Lipinski definition) is 4. The van der Waals surface area contributed by atoms with E-state index in [2.05, 4.69) is 4.98 Å². The van der Waals surface area contributed by atoms with Crippen LogP contribution in [0.1, 0.15) is 37.6 Å². The van der Waals surface area contributed by atoms with Gasteiger partial charge < -0.3 is 9.72 Å². The summed E-state index contributed by atoms with van der Waals surface area (Å²) in [5.74, 6) is -0.361. The van der Waals surface area contributed by atoms with Crippen molar-refractivity contribution in [2.75, 3.05) is 6.61 Å². The molecule has 0 bridgehead atoms. The first-order valence-electron chi connectivity index (χ1n) is 5.85. The molecule has 1 aliphatic rings. The van der Waals surface area contributed by atoms with Crippen LogP contribution in [0.15, 0.2) is 15.8 Å². The maximum absolute atomic E-state index is 12.2. The number of rotatable bonds is 2. The number of ketones is 1. The SMILES string of the molecule is CC(=O)c1c[nH]c(=O)n(C2(C)CCOC2C)c1=O. The van der Waals surface area contributed by atoms with E-state index in [0.717, 1.165) is 4.57 Å². The van der Waals surface area contributed by atoms with Crippen molar-refractivity contribution >= 4 is 5.78 Å². The monoisotopic (exact) mass is 252 g/mol. The van der Waals surface area contributed by atoms with Crippen LogP contribution < -0.4 is 11.2 Å². The minimum atomic E-state index is -0.712. The smallest absolute Gasteiger partial charge is 0.328 e. The van der Waals surface area contributed by atoms with E-state index in [-0.39, 0.29) is 17.5 Å². The van der Waals surface area contributed by atoms with Gasteiger partial charge in [0.05, 0.1) is 17.2 Å². The van der Waals surface area contributed by atoms with Crippen molar-refractivity contribution in [1.82, 2.24) is 9.55 Å². The Morgan fingerprint density at radius 2 is 2.22 bits per heavy atom. The molecule has 1 saturated heterocycles. The van der Waals surface area contributed by atoms with Crippen molar-refractivity contribution in [2.45, 2.75) is 38.8 Å². The van der Waals surface area contributed by atoms with Crippen molar-refractivity contribution in [3.05, 3.63) is 32.6 Å². The van der Waals surface area contributed by atoms with Gasteiger partial charge in [0.15, 0.2) is 5.78 Å². The normalized spacial score (nSPS) is 27.4. The number of nitrogens with zero attached hydrogens (tertiary/aromatic N) is 1. The number of H-pyrrole nitrogens is 1. The largest absolute Gasteiger partial charge is 0.376 e. The maximum Gasteiger partial charge on any atom is 0.328 e. The molecule has 0 aromatic carbocycles. The van der Waals surface area contributed by atoms with Gasteiger partial charge in [-0.05, 0) is 27.2 Å². The van der Waals surface area contributed by atoms with Gasteiger partial charge in [-0.15, -0.1) is 0 Å². The molecule has 2 unspecified atom stereocenters. The van der Waals surface area contributed by atoms with Gasteiger partial charge in [0.1, 0.15) is 0 Å². The molecule has 2 atom stereocenters. The van der Waals surface area contributed by atoms with Gasteiger partial charge in [-0.1, -0.05) is 0 Å². The molecule has 6 heteroatoms. The predicted octanol–water partition coefficient (Wildman–Crippen LogP) is 0.263. The Morgan fingerprint density at radius 3 is 2.72 bits per heavy atom. The molecule has 1 aromatic rings. The van der Waals surface area contributed by atoms with Gasteiger partial charge in [0.2, 0.25) is 0 Å². The number of aromatic nitrogens is 2. The molecule has 2 heterocycles. The Kier molecular flexibility index (Phi) is 2.98. The molecular formula is C12H16N2O4. The van der Waals surface area contributed by atoms with E-state index >= 15 is 0 Å². The summed E-state index contributed by atoms with van der Waals surface area (Å²) in [4.78, 5) is 37.9. The Hall–Kier alpha value is -1.69. The second-order valence-electron chi connectivity index (χ2n) is 4.82. The number of ether oxygens (including phenoxy) is 1. The second kappa shape index (κ2) is 4.20. The lowest BCUT2D eigenvalue weighted by molar-refractivity contribution is 0.0722. The Balaban J connectivity index is 2.72. The van der Waals surface area contributed by atoms with Gasteiger partial charge in [0.25, 0.3) is 5.56 Å². The Labute approximate surface area is 104 Å². The van der Waals surface area contributed by atoms with Crippen LogP contribution in [0.2, 0.25) is 0 Å². The van der Waals surface area contributed by atoms with Crippen LogP contribution in [-0.4, -0.2) is 28.0 Å². The summed E-state index contributed by atoms with van der Waals surface area (Å²) in [7, 11) is 0. The average Bonchev–Trinajstić information content (AvgIpc) is 2.59. The van der Waals surface area contributed by atoms with Gasteiger partial charge >= 0.3 is 5.69 Å². The summed E-state index contributed by atoms with van der Waals surface area (Å²) in [6.45, 7) is 5.41. The average molecular weight is 252 g/mol. The molecule has 0 spiro atoms. The molecule has 18 heavy (non-hydrogen) atoms. The minimum absolute atomic E-state index is 0.00470. The summed E-state index contributed by atoms with van der Waals surface area (Å²) in [5.41, 5.74) is -1.78. The zero-order valence-electron chi connectivity index (χ0n) is 10.6. The molecule has 1 fully saturated rings. The summed E-state index contributed by atoms with van der Waals surface area (Å²) < 4.78 is 6.55. The molecule has 0 saturated carbocycles. The lowest BCUT2D eigenvalue weighted by Crippen LogP contribution is -2.52. The number of carbonyl (C=O) groups is 1. The van der Waals surface area contributed by atoms with E-state index in [9.17, 15) is 14.4 Å². The molecule has 2 rings (SSSR count). The summed E-state index contributed by atoms with van der Waals surface area (Å²) >= 11 is 0. The zero-order valence-corrected chi connectivity index (χ0v) is 10.6. The first kappa shape index (κ1) is 12.8. The Morgan fingerprint density at radius 1 is 1.56 bits per heavy atom. The fourth-order valence-electron chi connectivity index (χ4n) is 2.31. The van der Waals surface area contributed by atoms with Crippen LogP contribution in [-0.2, 0) is 10.3 Å². The molecule has 0 amide bonds. The van der Waals surface area contributed by atoms with Gasteiger partial charge in [-0.3, -0.25) is 14.2 Å². The highest BCUT2D eigenvalue weighted by Gasteiger charge is 2.41. The number of aromatic amines is 1. The highest BCUT2D eigenvalue weighted by molar-refractivity contribution is 5.93. The molecule has 1 aromatic heterocycles. The fraction of sp³-hybridized carbons (Fsp3) is 0.583. The van der Waals surface area contributed by atoms with Crippen molar-refractivity contribution in [3.8, 4) is 0 Å². The van der Waals surface area contributed by atoms with Crippen LogP contribution in [0.25, 0.3) is 0 Å². The molecule has 98 valence electrons. The number of Topliss-reactive ketones (excluding diaryl/α,β-unsaturated/α-hetero) is 1. The van der Waals surface area contributed by atoms with Gasteiger partial charge in [0, 0.05) is 12.8 Å². The Bertz CT molecular complexity index is 601. The third-order valence-electron chi connectivity index (χ3n) is 3.72. The van der Waals surface area contributed by atoms with Crippen LogP contribution in [0, 0.1) is 0 Å². The van der Waals surface area contributed by atoms with E-state index in [1.165, 1.54) is 13.1 Å². The predicted molar refractivity (Wildman–Crippen MR) is 65.0 cm³/mol.